The number of hydrogen-bond donors (Lipinski definition) is 3. The fourth-order valence-electron chi connectivity index (χ4n) is 6.92. The molecule has 2 heterocycles. The molecule has 7 nitrogen and oxygen atoms in total. The van der Waals surface area contributed by atoms with Gasteiger partial charge in [0.1, 0.15) is 18.0 Å². The van der Waals surface area contributed by atoms with E-state index in [2.05, 4.69) is 10.6 Å². The van der Waals surface area contributed by atoms with Crippen LogP contribution in [0.2, 0.25) is 0 Å². The summed E-state index contributed by atoms with van der Waals surface area (Å²) >= 11 is 0. The Balaban J connectivity index is 1.66. The zero-order chi connectivity index (χ0) is 21.3. The van der Waals surface area contributed by atoms with E-state index in [1.165, 1.54) is 0 Å². The first kappa shape index (κ1) is 19.8. The first-order chi connectivity index (χ1) is 14.3. The summed E-state index contributed by atoms with van der Waals surface area (Å²) in [5.74, 6) is 0.587. The lowest BCUT2D eigenvalue weighted by molar-refractivity contribution is -0.148. The Bertz CT molecular complexity index is 926. The van der Waals surface area contributed by atoms with Gasteiger partial charge in [-0.05, 0) is 61.8 Å². The van der Waals surface area contributed by atoms with Gasteiger partial charge in [-0.25, -0.2) is 9.18 Å². The third-order valence-electron chi connectivity index (χ3n) is 8.12. The molecule has 2 saturated heterocycles. The number of likely N-dealkylation sites (tertiary alicyclic amines) is 1. The average Bonchev–Trinajstić information content (AvgIpc) is 3.07. The maximum atomic E-state index is 13.1. The number of alkyl halides is 1. The Morgan fingerprint density at radius 3 is 2.80 bits per heavy atom. The average molecular weight is 417 g/mol. The van der Waals surface area contributed by atoms with Crippen molar-refractivity contribution in [3.8, 4) is 5.75 Å². The Hall–Kier alpha value is -2.19. The number of imide groups is 1. The molecule has 1 unspecified atom stereocenters. The summed E-state index contributed by atoms with van der Waals surface area (Å²) in [4.78, 5) is 26.9. The molecular weight excluding hydrogens is 389 g/mol. The lowest BCUT2D eigenvalue weighted by Crippen LogP contribution is -2.70. The number of nitrogens with one attached hydrogen (secondary N) is 2. The van der Waals surface area contributed by atoms with Gasteiger partial charge in [-0.15, -0.1) is 0 Å². The second-order valence-electron chi connectivity index (χ2n) is 9.45. The van der Waals surface area contributed by atoms with E-state index < -0.39 is 29.3 Å². The van der Waals surface area contributed by atoms with Gasteiger partial charge in [-0.2, -0.15) is 0 Å². The van der Waals surface area contributed by atoms with Crippen molar-refractivity contribution < 1.29 is 23.8 Å². The summed E-state index contributed by atoms with van der Waals surface area (Å²) in [5.41, 5.74) is -0.922. The molecule has 162 valence electrons. The second kappa shape index (κ2) is 6.40. The third kappa shape index (κ3) is 2.37. The largest absolute Gasteiger partial charge is 0.497 e. The predicted molar refractivity (Wildman–Crippen MR) is 107 cm³/mol. The summed E-state index contributed by atoms with van der Waals surface area (Å²) in [6, 6.07) is 5.19. The number of rotatable bonds is 4. The number of benzene rings is 1. The second-order valence-corrected chi connectivity index (χ2v) is 9.45. The van der Waals surface area contributed by atoms with Gasteiger partial charge in [0.15, 0.2) is 0 Å². The molecule has 5 atom stereocenters. The maximum Gasteiger partial charge on any atom is 0.322 e. The molecule has 2 saturated carbocycles. The van der Waals surface area contributed by atoms with Crippen LogP contribution in [0.25, 0.3) is 0 Å². The minimum absolute atomic E-state index is 0.142. The van der Waals surface area contributed by atoms with E-state index in [4.69, 9.17) is 4.74 Å². The van der Waals surface area contributed by atoms with Gasteiger partial charge >= 0.3 is 6.03 Å². The van der Waals surface area contributed by atoms with Crippen molar-refractivity contribution in [2.24, 2.45) is 5.92 Å². The molecule has 8 heteroatoms. The highest BCUT2D eigenvalue weighted by Crippen LogP contribution is 2.65. The highest BCUT2D eigenvalue weighted by molar-refractivity contribution is 6.07. The molecule has 4 fully saturated rings. The van der Waals surface area contributed by atoms with Crippen molar-refractivity contribution in [3.63, 3.8) is 0 Å². The molecule has 1 aromatic rings. The molecule has 3 amide bonds. The number of methoxy groups -OCH3 is 1. The molecule has 30 heavy (non-hydrogen) atoms. The van der Waals surface area contributed by atoms with Gasteiger partial charge in [0.05, 0.1) is 12.7 Å². The van der Waals surface area contributed by atoms with Gasteiger partial charge in [0.2, 0.25) is 0 Å². The normalized spacial score (nSPS) is 39.9. The minimum Gasteiger partial charge on any atom is -0.497 e. The van der Waals surface area contributed by atoms with Crippen LogP contribution in [0.1, 0.15) is 36.8 Å². The molecule has 5 rings (SSSR count). The summed E-state index contributed by atoms with van der Waals surface area (Å²) in [6.07, 6.45) is 1.73. The Morgan fingerprint density at radius 1 is 1.33 bits per heavy atom. The minimum atomic E-state index is -1.11. The number of aliphatic hydroxyl groups is 1. The predicted octanol–water partition coefficient (Wildman–Crippen LogP) is 1.41. The Kier molecular flexibility index (Phi) is 4.22. The van der Waals surface area contributed by atoms with E-state index in [-0.39, 0.29) is 17.9 Å². The highest BCUT2D eigenvalue weighted by Gasteiger charge is 2.73. The van der Waals surface area contributed by atoms with Crippen molar-refractivity contribution in [2.45, 2.75) is 55.2 Å². The topological polar surface area (TPSA) is 90.9 Å². The number of amides is 3. The number of halogens is 1. The lowest BCUT2D eigenvalue weighted by Gasteiger charge is -2.57. The lowest BCUT2D eigenvalue weighted by atomic mass is 9.55. The molecule has 4 aliphatic rings. The SMILES string of the molecule is COc1ccc(C)c([C@]23CC4CN(CCF)[C@H]4[C@]2(O)CC[C@@]2(C3)NC(=O)NC2=O)c1. The molecule has 2 aliphatic heterocycles. The number of hydrogen-bond acceptors (Lipinski definition) is 5. The van der Waals surface area contributed by atoms with E-state index in [0.29, 0.717) is 38.0 Å². The first-order valence-electron chi connectivity index (χ1n) is 10.6. The van der Waals surface area contributed by atoms with Crippen molar-refractivity contribution >= 4 is 11.9 Å². The molecule has 3 N–H and O–H groups in total. The van der Waals surface area contributed by atoms with Gasteiger partial charge in [-0.1, -0.05) is 6.07 Å². The van der Waals surface area contributed by atoms with Gasteiger partial charge in [0, 0.05) is 24.5 Å². The van der Waals surface area contributed by atoms with Gasteiger partial charge in [0.25, 0.3) is 5.91 Å². The number of aryl methyl sites for hydroxylation is 1. The van der Waals surface area contributed by atoms with Crippen LogP contribution in [0.3, 0.4) is 0 Å². The summed E-state index contributed by atoms with van der Waals surface area (Å²) in [5, 5.41) is 17.5. The number of carbonyl (C=O) groups is 2. The van der Waals surface area contributed by atoms with Crippen LogP contribution >= 0.6 is 0 Å². The zero-order valence-corrected chi connectivity index (χ0v) is 17.3. The van der Waals surface area contributed by atoms with Crippen LogP contribution in [0.4, 0.5) is 9.18 Å². The van der Waals surface area contributed by atoms with Crippen molar-refractivity contribution in [1.82, 2.24) is 15.5 Å². The maximum absolute atomic E-state index is 13.1. The number of urea groups is 1. The molecule has 1 aromatic carbocycles. The molecule has 1 spiro atoms. The van der Waals surface area contributed by atoms with E-state index >= 15 is 0 Å². The van der Waals surface area contributed by atoms with E-state index in [9.17, 15) is 19.1 Å². The van der Waals surface area contributed by atoms with Crippen molar-refractivity contribution in [2.75, 3.05) is 26.9 Å². The molecular formula is C22H28FN3O4. The fraction of sp³-hybridized carbons (Fsp3) is 0.636. The standard InChI is InChI=1S/C22H28FN3O4/c1-13-3-4-15(30-2)9-16(13)20-10-14-11-26(8-7-23)17(14)22(20,29)6-5-21(12-20)18(27)24-19(28)25-21/h3-4,9,14,17,29H,5-8,10-12H2,1-2H3,(H2,24,25,27,28)/t14?,17-,20-,21+,22-/m1/s1. The number of ether oxygens (including phenoxy) is 1. The van der Waals surface area contributed by atoms with Crippen LogP contribution in [-0.2, 0) is 10.2 Å². The Morgan fingerprint density at radius 2 is 2.13 bits per heavy atom. The quantitative estimate of drug-likeness (QED) is 0.645. The summed E-state index contributed by atoms with van der Waals surface area (Å²) < 4.78 is 18.6. The van der Waals surface area contributed by atoms with Crippen molar-refractivity contribution in [3.05, 3.63) is 29.3 Å². The van der Waals surface area contributed by atoms with Gasteiger partial charge in [-0.3, -0.25) is 15.0 Å². The van der Waals surface area contributed by atoms with Gasteiger partial charge < -0.3 is 15.2 Å². The first-order valence-corrected chi connectivity index (χ1v) is 10.6. The van der Waals surface area contributed by atoms with Crippen LogP contribution in [-0.4, -0.2) is 66.0 Å². The third-order valence-corrected chi connectivity index (χ3v) is 8.12. The molecule has 2 aliphatic carbocycles. The van der Waals surface area contributed by atoms with E-state index in [1.54, 1.807) is 7.11 Å². The molecule has 0 bridgehead atoms. The highest BCUT2D eigenvalue weighted by atomic mass is 19.1. The number of fused-ring (bicyclic) bond motifs is 3. The van der Waals surface area contributed by atoms with Crippen LogP contribution in [0.5, 0.6) is 5.75 Å². The Labute approximate surface area is 175 Å². The molecule has 0 aromatic heterocycles. The monoisotopic (exact) mass is 417 g/mol. The van der Waals surface area contributed by atoms with Crippen LogP contribution in [0, 0.1) is 12.8 Å². The molecule has 0 radical (unpaired) electrons. The zero-order valence-electron chi connectivity index (χ0n) is 17.3. The van der Waals surface area contributed by atoms with E-state index in [0.717, 1.165) is 17.7 Å². The van der Waals surface area contributed by atoms with Crippen LogP contribution < -0.4 is 15.4 Å². The van der Waals surface area contributed by atoms with E-state index in [1.807, 2.05) is 30.0 Å². The fourth-order valence-corrected chi connectivity index (χ4v) is 6.92. The number of carbonyl (C=O) groups excluding carboxylic acids is 2. The summed E-state index contributed by atoms with van der Waals surface area (Å²) in [6.45, 7) is 2.59. The smallest absolute Gasteiger partial charge is 0.322 e. The number of nitrogens with zero attached hydrogens (tertiary/aromatic N) is 1. The van der Waals surface area contributed by atoms with Crippen LogP contribution in [0.15, 0.2) is 18.2 Å². The van der Waals surface area contributed by atoms with Crippen molar-refractivity contribution in [1.29, 1.82) is 0 Å². The summed E-state index contributed by atoms with van der Waals surface area (Å²) in [7, 11) is 1.60.